The van der Waals surface area contributed by atoms with Crippen molar-refractivity contribution >= 4 is 22.3 Å². The van der Waals surface area contributed by atoms with Crippen LogP contribution in [-0.4, -0.2) is 71.8 Å². The summed E-state index contributed by atoms with van der Waals surface area (Å²) in [4.78, 5) is 19.9. The van der Waals surface area contributed by atoms with Crippen molar-refractivity contribution in [3.05, 3.63) is 23.5 Å². The monoisotopic (exact) mass is 505 g/mol. The standard InChI is InChI=1S/C23H33N6O5S/c1-13(2)17-7-19(33-6)25-20(14(3)4)21(17)26-23(30)27-35(31)18-8-24-29-9-15(12-34-22(18)29)28-10-16(11-28)32-5/h7-8,13-16H,9-12H2,1-6H3,(H,26,30)/q-1. The number of urea groups is 1. The first kappa shape index (κ1) is 25.4. The van der Waals surface area contributed by atoms with Crippen LogP contribution in [0.1, 0.15) is 50.8 Å². The number of nitrogens with one attached hydrogen (secondary N) is 1. The minimum Gasteiger partial charge on any atom is -0.481 e. The normalized spacial score (nSPS) is 19.4. The highest BCUT2D eigenvalue weighted by atomic mass is 32.2. The van der Waals surface area contributed by atoms with Crippen molar-refractivity contribution in [2.24, 2.45) is 4.36 Å². The Morgan fingerprint density at radius 3 is 2.60 bits per heavy atom. The minimum absolute atomic E-state index is 0.0259. The van der Waals surface area contributed by atoms with Gasteiger partial charge in [0, 0.05) is 32.5 Å². The number of pyridine rings is 1. The van der Waals surface area contributed by atoms with Gasteiger partial charge in [0.25, 0.3) is 0 Å². The van der Waals surface area contributed by atoms with Crippen molar-refractivity contribution in [2.75, 3.05) is 39.2 Å². The van der Waals surface area contributed by atoms with Gasteiger partial charge in [0.15, 0.2) is 5.88 Å². The van der Waals surface area contributed by atoms with Crippen LogP contribution in [0.15, 0.2) is 21.5 Å². The molecule has 1 atom stereocenters. The molecular formula is C23H33N6O5S-. The predicted molar refractivity (Wildman–Crippen MR) is 131 cm³/mol. The summed E-state index contributed by atoms with van der Waals surface area (Å²) in [6.07, 6.45) is 1.70. The molecule has 1 unspecified atom stereocenters. The Balaban J connectivity index is 1.52. The van der Waals surface area contributed by atoms with Gasteiger partial charge in [0.05, 0.1) is 37.2 Å². The van der Waals surface area contributed by atoms with Gasteiger partial charge in [-0.25, -0.2) is 14.5 Å². The fraction of sp³-hybridized carbons (Fsp3) is 0.609. The van der Waals surface area contributed by atoms with Gasteiger partial charge in [-0.05, 0) is 22.3 Å². The summed E-state index contributed by atoms with van der Waals surface area (Å²) >= 11 is 0. The van der Waals surface area contributed by atoms with Crippen LogP contribution in [0, 0.1) is 0 Å². The second kappa shape index (κ2) is 10.5. The number of anilines is 1. The molecular weight excluding hydrogens is 472 g/mol. The van der Waals surface area contributed by atoms with Gasteiger partial charge in [-0.2, -0.15) is 5.10 Å². The molecule has 35 heavy (non-hydrogen) atoms. The first-order valence-electron chi connectivity index (χ1n) is 11.7. The molecule has 1 fully saturated rings. The molecule has 11 nitrogen and oxygen atoms in total. The van der Waals surface area contributed by atoms with Crippen molar-refractivity contribution in [2.45, 2.75) is 63.1 Å². The van der Waals surface area contributed by atoms with E-state index in [9.17, 15) is 9.00 Å². The molecule has 4 rings (SSSR count). The largest absolute Gasteiger partial charge is 0.481 e. The van der Waals surface area contributed by atoms with E-state index < -0.39 is 16.6 Å². The number of rotatable bonds is 7. The van der Waals surface area contributed by atoms with E-state index in [2.05, 4.69) is 24.7 Å². The van der Waals surface area contributed by atoms with E-state index in [0.29, 0.717) is 36.3 Å². The van der Waals surface area contributed by atoms with Crippen LogP contribution in [0.25, 0.3) is 0 Å². The summed E-state index contributed by atoms with van der Waals surface area (Å²) in [5.74, 6) is 0.989. The number of aromatic nitrogens is 3. The highest BCUT2D eigenvalue weighted by Crippen LogP contribution is 2.34. The lowest BCUT2D eigenvalue weighted by molar-refractivity contribution is -0.0686. The van der Waals surface area contributed by atoms with Gasteiger partial charge < -0.3 is 28.1 Å². The van der Waals surface area contributed by atoms with Crippen LogP contribution >= 0.6 is 0 Å². The molecule has 0 radical (unpaired) electrons. The number of carbonyl (C=O) groups excluding carboxylic acids is 1. The van der Waals surface area contributed by atoms with Gasteiger partial charge in [-0.15, -0.1) is 10.6 Å². The Labute approximate surface area is 207 Å². The Hall–Kier alpha value is -2.70. The number of methoxy groups -OCH3 is 2. The zero-order valence-electron chi connectivity index (χ0n) is 21.0. The van der Waals surface area contributed by atoms with E-state index in [1.165, 1.54) is 6.20 Å². The van der Waals surface area contributed by atoms with E-state index in [4.69, 9.17) is 14.2 Å². The van der Waals surface area contributed by atoms with Crippen LogP contribution < -0.4 is 14.8 Å². The number of ether oxygens (including phenoxy) is 3. The van der Waals surface area contributed by atoms with Gasteiger partial charge in [-0.1, -0.05) is 27.7 Å². The van der Waals surface area contributed by atoms with E-state index in [1.54, 1.807) is 25.0 Å². The fourth-order valence-electron chi connectivity index (χ4n) is 4.25. The zero-order chi connectivity index (χ0) is 25.3. The average Bonchev–Trinajstić information content (AvgIpc) is 3.21. The topological polar surface area (TPSA) is 120 Å². The van der Waals surface area contributed by atoms with Gasteiger partial charge in [-0.3, -0.25) is 4.90 Å². The lowest BCUT2D eigenvalue weighted by atomic mass is 9.97. The molecule has 0 bridgehead atoms. The summed E-state index contributed by atoms with van der Waals surface area (Å²) in [5.41, 5.74) is 2.12. The average molecular weight is 506 g/mol. The highest BCUT2D eigenvalue weighted by molar-refractivity contribution is 7.75. The maximum Gasteiger partial charge on any atom is 0.322 e. The molecule has 2 aromatic heterocycles. The third-order valence-electron chi connectivity index (χ3n) is 6.30. The molecule has 0 saturated carbocycles. The molecule has 192 valence electrons. The summed E-state index contributed by atoms with van der Waals surface area (Å²) in [5, 5.41) is 7.13. The Bertz CT molecular complexity index is 1140. The smallest absolute Gasteiger partial charge is 0.322 e. The van der Waals surface area contributed by atoms with Crippen molar-refractivity contribution in [3.8, 4) is 11.8 Å². The molecule has 0 aromatic carbocycles. The Kier molecular flexibility index (Phi) is 7.62. The van der Waals surface area contributed by atoms with Gasteiger partial charge in [0.2, 0.25) is 5.88 Å². The summed E-state index contributed by atoms with van der Waals surface area (Å²) < 4.78 is 35.1. The molecule has 1 saturated heterocycles. The zero-order valence-corrected chi connectivity index (χ0v) is 21.8. The Morgan fingerprint density at radius 1 is 1.23 bits per heavy atom. The van der Waals surface area contributed by atoms with Crippen molar-refractivity contribution < 1.29 is 23.2 Å². The number of fused-ring (bicyclic) bond motifs is 1. The lowest BCUT2D eigenvalue weighted by Crippen LogP contribution is -2.59. The van der Waals surface area contributed by atoms with Crippen molar-refractivity contribution in [3.63, 3.8) is 0 Å². The molecule has 1 N–H and O–H groups in total. The minimum atomic E-state index is -1.98. The molecule has 4 heterocycles. The maximum absolute atomic E-state index is 13.0. The van der Waals surface area contributed by atoms with Crippen LogP contribution in [-0.2, 0) is 26.1 Å². The number of likely N-dealkylation sites (tertiary alicyclic amines) is 1. The molecule has 2 aliphatic rings. The second-order valence-corrected chi connectivity index (χ2v) is 10.5. The highest BCUT2D eigenvalue weighted by Gasteiger charge is 2.35. The number of nitrogens with zero attached hydrogens (tertiary/aromatic N) is 5. The SMILES string of the molecule is COc1cc(C(C)C)c(NC(=O)N=[S-](=O)c2cnn3c2OCC(N2CC(OC)C2)C3)c(C(C)C)n1. The molecule has 2 amide bonds. The fourth-order valence-corrected chi connectivity index (χ4v) is 4.99. The third-order valence-corrected chi connectivity index (χ3v) is 7.29. The summed E-state index contributed by atoms with van der Waals surface area (Å²) in [7, 11) is 1.30. The Morgan fingerprint density at radius 2 is 1.97 bits per heavy atom. The van der Waals surface area contributed by atoms with Crippen LogP contribution in [0.2, 0.25) is 0 Å². The number of amides is 2. The molecule has 2 aromatic rings. The van der Waals surface area contributed by atoms with Crippen molar-refractivity contribution in [1.82, 2.24) is 19.7 Å². The van der Waals surface area contributed by atoms with E-state index in [-0.39, 0.29) is 28.9 Å². The first-order valence-corrected chi connectivity index (χ1v) is 12.8. The van der Waals surface area contributed by atoms with Gasteiger partial charge in [0.1, 0.15) is 6.61 Å². The second-order valence-electron chi connectivity index (χ2n) is 9.37. The maximum atomic E-state index is 13.0. The van der Waals surface area contributed by atoms with Crippen LogP contribution in [0.4, 0.5) is 10.5 Å². The summed E-state index contributed by atoms with van der Waals surface area (Å²) in [6, 6.07) is 1.25. The third kappa shape index (κ3) is 5.29. The number of carbonyl (C=O) groups is 1. The van der Waals surface area contributed by atoms with E-state index in [1.807, 2.05) is 27.7 Å². The first-order chi connectivity index (χ1) is 16.7. The van der Waals surface area contributed by atoms with E-state index in [0.717, 1.165) is 18.7 Å². The van der Waals surface area contributed by atoms with Crippen LogP contribution in [0.3, 0.4) is 0 Å². The molecule has 0 spiro atoms. The number of hydrogen-bond acceptors (Lipinski definition) is 9. The lowest BCUT2D eigenvalue weighted by Gasteiger charge is -2.44. The molecule has 0 aliphatic carbocycles. The van der Waals surface area contributed by atoms with Crippen molar-refractivity contribution in [1.29, 1.82) is 0 Å². The number of hydrogen-bond donors (Lipinski definition) is 1. The quantitative estimate of drug-likeness (QED) is 0.569. The van der Waals surface area contributed by atoms with E-state index >= 15 is 0 Å². The van der Waals surface area contributed by atoms with Gasteiger partial charge >= 0.3 is 6.03 Å². The molecule has 2 aliphatic heterocycles. The predicted octanol–water partition coefficient (Wildman–Crippen LogP) is 3.36. The van der Waals surface area contributed by atoms with Crippen LogP contribution in [0.5, 0.6) is 11.8 Å². The summed E-state index contributed by atoms with van der Waals surface area (Å²) in [6.45, 7) is 10.8. The molecule has 12 heteroatoms.